The van der Waals surface area contributed by atoms with Gasteiger partial charge < -0.3 is 10.1 Å². The number of para-hydroxylation sites is 1. The van der Waals surface area contributed by atoms with E-state index in [1.807, 2.05) is 30.3 Å². The van der Waals surface area contributed by atoms with Crippen molar-refractivity contribution in [2.75, 3.05) is 5.32 Å². The first kappa shape index (κ1) is 15.3. The fourth-order valence-corrected chi connectivity index (χ4v) is 2.05. The third-order valence-corrected chi connectivity index (χ3v) is 3.52. The Hall–Kier alpha value is -2.07. The van der Waals surface area contributed by atoms with Gasteiger partial charge >= 0.3 is 0 Å². The summed E-state index contributed by atoms with van der Waals surface area (Å²) in [6.07, 6.45) is -0.656. The summed E-state index contributed by atoms with van der Waals surface area (Å²) in [7, 11) is 0. The standard InChI is InChI=1S/C16H13IN2O2/c1-11(21-14-8-6-13(17)7-9-14)16(20)19-15-5-3-2-4-12(15)10-18/h2-9,11H,1H3,(H,19,20). The van der Waals surface area contributed by atoms with Crippen LogP contribution in [0.1, 0.15) is 12.5 Å². The zero-order valence-electron chi connectivity index (χ0n) is 11.3. The summed E-state index contributed by atoms with van der Waals surface area (Å²) in [6, 6.07) is 16.3. The molecular formula is C16H13IN2O2. The summed E-state index contributed by atoms with van der Waals surface area (Å²) in [6.45, 7) is 1.67. The van der Waals surface area contributed by atoms with Crippen molar-refractivity contribution in [3.05, 3.63) is 57.7 Å². The van der Waals surface area contributed by atoms with Gasteiger partial charge in [0.1, 0.15) is 11.8 Å². The minimum atomic E-state index is -0.656. The average molecular weight is 392 g/mol. The number of amides is 1. The van der Waals surface area contributed by atoms with E-state index < -0.39 is 6.10 Å². The predicted molar refractivity (Wildman–Crippen MR) is 89.0 cm³/mol. The molecule has 1 unspecified atom stereocenters. The first-order chi connectivity index (χ1) is 10.1. The molecule has 2 rings (SSSR count). The minimum absolute atomic E-state index is 0.295. The second kappa shape index (κ2) is 7.09. The van der Waals surface area contributed by atoms with Crippen molar-refractivity contribution in [2.24, 2.45) is 0 Å². The second-order valence-electron chi connectivity index (χ2n) is 4.36. The topological polar surface area (TPSA) is 62.1 Å². The van der Waals surface area contributed by atoms with Gasteiger partial charge in [-0.2, -0.15) is 5.26 Å². The summed E-state index contributed by atoms with van der Waals surface area (Å²) in [4.78, 5) is 12.1. The number of nitrogens with one attached hydrogen (secondary N) is 1. The first-order valence-electron chi connectivity index (χ1n) is 6.32. The number of hydrogen-bond donors (Lipinski definition) is 1. The van der Waals surface area contributed by atoms with E-state index in [1.165, 1.54) is 0 Å². The number of benzene rings is 2. The molecule has 21 heavy (non-hydrogen) atoms. The molecule has 0 aliphatic rings. The Balaban J connectivity index is 2.03. The van der Waals surface area contributed by atoms with E-state index in [1.54, 1.807) is 31.2 Å². The van der Waals surface area contributed by atoms with E-state index >= 15 is 0 Å². The van der Waals surface area contributed by atoms with Crippen molar-refractivity contribution < 1.29 is 9.53 Å². The van der Waals surface area contributed by atoms with Gasteiger partial charge in [0, 0.05) is 3.57 Å². The molecule has 0 aliphatic carbocycles. The van der Waals surface area contributed by atoms with E-state index in [-0.39, 0.29) is 5.91 Å². The third-order valence-electron chi connectivity index (χ3n) is 2.80. The van der Waals surface area contributed by atoms with Crippen LogP contribution in [0.4, 0.5) is 5.69 Å². The fourth-order valence-electron chi connectivity index (χ4n) is 1.69. The molecule has 1 atom stereocenters. The molecule has 0 heterocycles. The van der Waals surface area contributed by atoms with Gasteiger partial charge in [-0.25, -0.2) is 0 Å². The average Bonchev–Trinajstić information content (AvgIpc) is 2.50. The molecule has 0 spiro atoms. The van der Waals surface area contributed by atoms with Crippen LogP contribution in [0, 0.1) is 14.9 Å². The van der Waals surface area contributed by atoms with E-state index in [9.17, 15) is 4.79 Å². The molecular weight excluding hydrogens is 379 g/mol. The molecule has 106 valence electrons. The highest BCUT2D eigenvalue weighted by Crippen LogP contribution is 2.17. The number of hydrogen-bond acceptors (Lipinski definition) is 3. The van der Waals surface area contributed by atoms with Crippen LogP contribution in [0.3, 0.4) is 0 Å². The largest absolute Gasteiger partial charge is 0.481 e. The number of anilines is 1. The molecule has 0 aromatic heterocycles. The minimum Gasteiger partial charge on any atom is -0.481 e. The number of carbonyl (C=O) groups is 1. The van der Waals surface area contributed by atoms with Crippen LogP contribution >= 0.6 is 22.6 Å². The highest BCUT2D eigenvalue weighted by atomic mass is 127. The molecule has 0 fully saturated rings. The maximum absolute atomic E-state index is 12.1. The Labute approximate surface area is 136 Å². The fraction of sp³-hybridized carbons (Fsp3) is 0.125. The van der Waals surface area contributed by atoms with Crippen molar-refractivity contribution in [1.82, 2.24) is 0 Å². The van der Waals surface area contributed by atoms with Gasteiger partial charge in [-0.05, 0) is 65.9 Å². The molecule has 0 saturated heterocycles. The Morgan fingerprint density at radius 1 is 1.24 bits per heavy atom. The Kier molecular flexibility index (Phi) is 5.17. The lowest BCUT2D eigenvalue weighted by molar-refractivity contribution is -0.122. The Morgan fingerprint density at radius 3 is 2.57 bits per heavy atom. The van der Waals surface area contributed by atoms with Gasteiger partial charge in [-0.15, -0.1) is 0 Å². The van der Waals surface area contributed by atoms with Crippen LogP contribution in [-0.4, -0.2) is 12.0 Å². The smallest absolute Gasteiger partial charge is 0.265 e. The summed E-state index contributed by atoms with van der Waals surface area (Å²) >= 11 is 2.20. The molecule has 0 saturated carbocycles. The van der Waals surface area contributed by atoms with E-state index in [0.29, 0.717) is 17.0 Å². The van der Waals surface area contributed by atoms with Crippen molar-refractivity contribution in [2.45, 2.75) is 13.0 Å². The lowest BCUT2D eigenvalue weighted by atomic mass is 10.2. The van der Waals surface area contributed by atoms with E-state index in [0.717, 1.165) is 3.57 Å². The molecule has 4 nitrogen and oxygen atoms in total. The summed E-state index contributed by atoms with van der Waals surface area (Å²) in [5.74, 6) is 0.336. The van der Waals surface area contributed by atoms with Crippen molar-refractivity contribution >= 4 is 34.2 Å². The number of nitriles is 1. The zero-order chi connectivity index (χ0) is 15.2. The van der Waals surface area contributed by atoms with Crippen LogP contribution < -0.4 is 10.1 Å². The first-order valence-corrected chi connectivity index (χ1v) is 7.40. The van der Waals surface area contributed by atoms with Gasteiger partial charge in [-0.3, -0.25) is 4.79 Å². The van der Waals surface area contributed by atoms with Gasteiger partial charge in [0.15, 0.2) is 6.10 Å². The van der Waals surface area contributed by atoms with Crippen molar-refractivity contribution in [3.8, 4) is 11.8 Å². The van der Waals surface area contributed by atoms with E-state index in [4.69, 9.17) is 10.00 Å². The molecule has 0 radical (unpaired) electrons. The highest BCUT2D eigenvalue weighted by Gasteiger charge is 2.16. The normalized spacial score (nSPS) is 11.3. The molecule has 2 aromatic carbocycles. The van der Waals surface area contributed by atoms with Gasteiger partial charge in [0.25, 0.3) is 5.91 Å². The van der Waals surface area contributed by atoms with Crippen molar-refractivity contribution in [3.63, 3.8) is 0 Å². The Bertz CT molecular complexity index is 677. The lowest BCUT2D eigenvalue weighted by Crippen LogP contribution is -2.30. The zero-order valence-corrected chi connectivity index (χ0v) is 13.5. The molecule has 1 N–H and O–H groups in total. The monoisotopic (exact) mass is 392 g/mol. The molecule has 0 aliphatic heterocycles. The van der Waals surface area contributed by atoms with Gasteiger partial charge in [-0.1, -0.05) is 12.1 Å². The highest BCUT2D eigenvalue weighted by molar-refractivity contribution is 14.1. The van der Waals surface area contributed by atoms with Crippen LogP contribution in [0.2, 0.25) is 0 Å². The maximum atomic E-state index is 12.1. The lowest BCUT2D eigenvalue weighted by Gasteiger charge is -2.15. The quantitative estimate of drug-likeness (QED) is 0.810. The van der Waals surface area contributed by atoms with Crippen LogP contribution in [-0.2, 0) is 4.79 Å². The SMILES string of the molecule is CC(Oc1ccc(I)cc1)C(=O)Nc1ccccc1C#N. The van der Waals surface area contributed by atoms with Crippen LogP contribution in [0.5, 0.6) is 5.75 Å². The van der Waals surface area contributed by atoms with Gasteiger partial charge in [0.2, 0.25) is 0 Å². The molecule has 2 aromatic rings. The van der Waals surface area contributed by atoms with E-state index in [2.05, 4.69) is 27.9 Å². The Morgan fingerprint density at radius 2 is 1.90 bits per heavy atom. The number of halogens is 1. The van der Waals surface area contributed by atoms with Crippen molar-refractivity contribution in [1.29, 1.82) is 5.26 Å². The number of carbonyl (C=O) groups excluding carboxylic acids is 1. The second-order valence-corrected chi connectivity index (χ2v) is 5.61. The number of ether oxygens (including phenoxy) is 1. The number of rotatable bonds is 4. The number of nitrogens with zero attached hydrogens (tertiary/aromatic N) is 1. The molecule has 5 heteroatoms. The summed E-state index contributed by atoms with van der Waals surface area (Å²) < 4.78 is 6.68. The third kappa shape index (κ3) is 4.20. The van der Waals surface area contributed by atoms with Gasteiger partial charge in [0.05, 0.1) is 11.3 Å². The molecule has 1 amide bonds. The van der Waals surface area contributed by atoms with Crippen LogP contribution in [0.25, 0.3) is 0 Å². The predicted octanol–water partition coefficient (Wildman–Crippen LogP) is 3.57. The van der Waals surface area contributed by atoms with Crippen LogP contribution in [0.15, 0.2) is 48.5 Å². The maximum Gasteiger partial charge on any atom is 0.265 e. The summed E-state index contributed by atoms with van der Waals surface area (Å²) in [5, 5.41) is 11.7. The molecule has 0 bridgehead atoms. The summed E-state index contributed by atoms with van der Waals surface area (Å²) in [5.41, 5.74) is 0.912.